The van der Waals surface area contributed by atoms with E-state index >= 15 is 0 Å². The molecule has 2 heterocycles. The summed E-state index contributed by atoms with van der Waals surface area (Å²) in [5.41, 5.74) is 11.4. The Morgan fingerprint density at radius 1 is 0.386 bits per heavy atom. The third-order valence-electron chi connectivity index (χ3n) is 9.50. The van der Waals surface area contributed by atoms with Crippen LogP contribution in [0.5, 0.6) is 0 Å². The van der Waals surface area contributed by atoms with Gasteiger partial charge in [0.25, 0.3) is 0 Å². The van der Waals surface area contributed by atoms with Crippen LogP contribution in [0, 0.1) is 0 Å². The van der Waals surface area contributed by atoms with Gasteiger partial charge in [-0.1, -0.05) is 110 Å². The molecule has 1 fully saturated rings. The topological polar surface area (TPSA) is 25.8 Å². The first-order valence-corrected chi connectivity index (χ1v) is 15.8. The minimum atomic E-state index is 0.643. The van der Waals surface area contributed by atoms with Crippen molar-refractivity contribution in [1.82, 2.24) is 9.97 Å². The second-order valence-electron chi connectivity index (χ2n) is 12.1. The maximum atomic E-state index is 4.20. The second kappa shape index (κ2) is 11.5. The van der Waals surface area contributed by atoms with Crippen molar-refractivity contribution in [2.75, 3.05) is 0 Å². The molecule has 5 aromatic carbocycles. The zero-order valence-corrected chi connectivity index (χ0v) is 24.8. The van der Waals surface area contributed by atoms with Crippen LogP contribution in [0.4, 0.5) is 0 Å². The largest absolute Gasteiger partial charge is 0.265 e. The maximum Gasteiger partial charge on any atom is 0.0273 e. The Morgan fingerprint density at radius 2 is 0.818 bits per heavy atom. The van der Waals surface area contributed by atoms with Gasteiger partial charge in [0.1, 0.15) is 0 Å². The summed E-state index contributed by atoms with van der Waals surface area (Å²) in [4.78, 5) is 8.40. The van der Waals surface area contributed by atoms with Crippen molar-refractivity contribution in [2.45, 2.75) is 38.0 Å². The van der Waals surface area contributed by atoms with Gasteiger partial charge in [0.15, 0.2) is 0 Å². The molecule has 8 rings (SSSR count). The molecule has 7 aromatic rings. The van der Waals surface area contributed by atoms with Crippen LogP contribution < -0.4 is 0 Å². The Kier molecular flexibility index (Phi) is 6.96. The molecule has 44 heavy (non-hydrogen) atoms. The average Bonchev–Trinajstić information content (AvgIpc) is 3.12. The molecular weight excluding hydrogens is 532 g/mol. The summed E-state index contributed by atoms with van der Waals surface area (Å²) in [6.45, 7) is 0. The molecule has 2 nitrogen and oxygen atoms in total. The van der Waals surface area contributed by atoms with Crippen molar-refractivity contribution in [2.24, 2.45) is 0 Å². The summed E-state index contributed by atoms with van der Waals surface area (Å²) >= 11 is 0. The van der Waals surface area contributed by atoms with Crippen LogP contribution in [-0.2, 0) is 0 Å². The van der Waals surface area contributed by atoms with E-state index in [0.29, 0.717) is 5.92 Å². The van der Waals surface area contributed by atoms with Crippen LogP contribution in [0.25, 0.3) is 66.1 Å². The highest BCUT2D eigenvalue weighted by atomic mass is 14.6. The molecule has 212 valence electrons. The Morgan fingerprint density at radius 3 is 1.34 bits per heavy atom. The third-order valence-corrected chi connectivity index (χ3v) is 9.50. The molecule has 1 aliphatic carbocycles. The first-order chi connectivity index (χ1) is 21.8. The fraction of sp³-hybridized carbons (Fsp3) is 0.143. The summed E-state index contributed by atoms with van der Waals surface area (Å²) < 4.78 is 0. The second-order valence-corrected chi connectivity index (χ2v) is 12.1. The Hall–Kier alpha value is -5.08. The van der Waals surface area contributed by atoms with E-state index in [4.69, 9.17) is 0 Å². The van der Waals surface area contributed by atoms with Gasteiger partial charge in [0, 0.05) is 24.8 Å². The van der Waals surface area contributed by atoms with Crippen molar-refractivity contribution in [3.05, 3.63) is 146 Å². The van der Waals surface area contributed by atoms with Gasteiger partial charge in [-0.15, -0.1) is 0 Å². The smallest absolute Gasteiger partial charge is 0.0273 e. The van der Waals surface area contributed by atoms with Gasteiger partial charge in [0.2, 0.25) is 0 Å². The van der Waals surface area contributed by atoms with Crippen molar-refractivity contribution in [3.8, 4) is 44.5 Å². The SMILES string of the molecule is c1ccc2c(-c3ccc(-c4ccncc4)cc3)c3cc(C4CCCCC4)ccc3c(-c3ccc(-c4ccncc4)cc3)c2c1. The number of hydrogen-bond donors (Lipinski definition) is 0. The fourth-order valence-corrected chi connectivity index (χ4v) is 7.26. The predicted octanol–water partition coefficient (Wildman–Crippen LogP) is 11.5. The highest BCUT2D eigenvalue weighted by Crippen LogP contribution is 2.46. The molecule has 0 spiro atoms. The Bertz CT molecular complexity index is 2060. The number of fused-ring (bicyclic) bond motifs is 2. The van der Waals surface area contributed by atoms with Crippen LogP contribution in [0.15, 0.2) is 140 Å². The van der Waals surface area contributed by atoms with Crippen molar-refractivity contribution < 1.29 is 0 Å². The summed E-state index contributed by atoms with van der Waals surface area (Å²) in [5.74, 6) is 0.643. The van der Waals surface area contributed by atoms with Crippen molar-refractivity contribution >= 4 is 21.5 Å². The molecule has 0 bridgehead atoms. The van der Waals surface area contributed by atoms with E-state index in [2.05, 4.69) is 125 Å². The van der Waals surface area contributed by atoms with Crippen molar-refractivity contribution in [1.29, 1.82) is 0 Å². The molecule has 1 aliphatic rings. The zero-order chi connectivity index (χ0) is 29.3. The highest BCUT2D eigenvalue weighted by molar-refractivity contribution is 6.21. The van der Waals surface area contributed by atoms with Crippen LogP contribution in [-0.4, -0.2) is 9.97 Å². The van der Waals surface area contributed by atoms with E-state index in [-0.39, 0.29) is 0 Å². The van der Waals surface area contributed by atoms with Gasteiger partial charge in [-0.05, 0) is 115 Å². The molecule has 0 radical (unpaired) electrons. The lowest BCUT2D eigenvalue weighted by atomic mass is 9.80. The molecule has 0 unspecified atom stereocenters. The van der Waals surface area contributed by atoms with E-state index in [1.54, 1.807) is 0 Å². The molecule has 2 aromatic heterocycles. The van der Waals surface area contributed by atoms with Crippen LogP contribution in [0.2, 0.25) is 0 Å². The number of pyridine rings is 2. The molecule has 0 N–H and O–H groups in total. The van der Waals surface area contributed by atoms with Crippen LogP contribution >= 0.6 is 0 Å². The van der Waals surface area contributed by atoms with E-state index < -0.39 is 0 Å². The minimum absolute atomic E-state index is 0.643. The molecule has 0 saturated heterocycles. The lowest BCUT2D eigenvalue weighted by Crippen LogP contribution is -2.04. The van der Waals surface area contributed by atoms with E-state index in [9.17, 15) is 0 Å². The summed E-state index contributed by atoms with van der Waals surface area (Å²) in [6, 6.07) is 42.8. The first-order valence-electron chi connectivity index (χ1n) is 15.8. The van der Waals surface area contributed by atoms with E-state index in [1.807, 2.05) is 24.8 Å². The molecule has 1 saturated carbocycles. The van der Waals surface area contributed by atoms with Gasteiger partial charge < -0.3 is 0 Å². The van der Waals surface area contributed by atoms with Crippen molar-refractivity contribution in [3.63, 3.8) is 0 Å². The van der Waals surface area contributed by atoms with Gasteiger partial charge >= 0.3 is 0 Å². The van der Waals surface area contributed by atoms with Crippen LogP contribution in [0.3, 0.4) is 0 Å². The van der Waals surface area contributed by atoms with Gasteiger partial charge in [0.05, 0.1) is 0 Å². The number of aromatic nitrogens is 2. The zero-order valence-electron chi connectivity index (χ0n) is 24.8. The summed E-state index contributed by atoms with van der Waals surface area (Å²) in [5, 5.41) is 5.24. The quantitative estimate of drug-likeness (QED) is 0.194. The van der Waals surface area contributed by atoms with Crippen LogP contribution in [0.1, 0.15) is 43.6 Å². The molecular formula is C42H34N2. The first kappa shape index (κ1) is 26.5. The number of benzene rings is 5. The standard InChI is InChI=1S/C42H34N2/c1-2-6-29(7-3-1)36-18-19-39-40(28-36)42(35-16-12-31(13-17-35)33-22-26-44-27-23-33)38-9-5-4-8-37(38)41(39)34-14-10-30(11-15-34)32-20-24-43-25-21-32/h4-5,8-29H,1-3,6-7H2. The predicted molar refractivity (Wildman–Crippen MR) is 185 cm³/mol. The number of rotatable bonds is 5. The lowest BCUT2D eigenvalue weighted by Gasteiger charge is -2.24. The minimum Gasteiger partial charge on any atom is -0.265 e. The van der Waals surface area contributed by atoms with Gasteiger partial charge in [-0.3, -0.25) is 9.97 Å². The Labute approximate surface area is 259 Å². The maximum absolute atomic E-state index is 4.20. The number of hydrogen-bond acceptors (Lipinski definition) is 2. The van der Waals surface area contributed by atoms with E-state index in [0.717, 1.165) is 0 Å². The summed E-state index contributed by atoms with van der Waals surface area (Å²) in [7, 11) is 0. The molecule has 0 aliphatic heterocycles. The summed E-state index contributed by atoms with van der Waals surface area (Å²) in [6.07, 6.45) is 14.0. The third kappa shape index (κ3) is 4.87. The van der Waals surface area contributed by atoms with E-state index in [1.165, 1.54) is 104 Å². The Balaban J connectivity index is 1.35. The normalized spacial score (nSPS) is 13.8. The highest BCUT2D eigenvalue weighted by Gasteiger charge is 2.20. The lowest BCUT2D eigenvalue weighted by molar-refractivity contribution is 0.444. The molecule has 0 atom stereocenters. The fourth-order valence-electron chi connectivity index (χ4n) is 7.26. The molecule has 0 amide bonds. The van der Waals surface area contributed by atoms with Gasteiger partial charge in [-0.2, -0.15) is 0 Å². The average molecular weight is 567 g/mol. The molecule has 2 heteroatoms. The monoisotopic (exact) mass is 566 g/mol. The van der Waals surface area contributed by atoms with Gasteiger partial charge in [-0.25, -0.2) is 0 Å². The number of nitrogens with zero attached hydrogens (tertiary/aromatic N) is 2.